The van der Waals surface area contributed by atoms with Gasteiger partial charge >= 0.3 is 0 Å². The van der Waals surface area contributed by atoms with Crippen LogP contribution in [0.3, 0.4) is 0 Å². The highest BCUT2D eigenvalue weighted by atomic mass is 32.2. The molecule has 1 aromatic heterocycles. The van der Waals surface area contributed by atoms with Crippen molar-refractivity contribution in [1.29, 1.82) is 0 Å². The van der Waals surface area contributed by atoms with E-state index < -0.39 is 61.4 Å². The lowest BCUT2D eigenvalue weighted by Gasteiger charge is -2.16. The molecule has 59 heavy (non-hydrogen) atoms. The minimum Gasteiger partial charge on any atom is -0.491 e. The molecular weight excluding hydrogens is 861 g/mol. The molecule has 312 valence electrons. The Hall–Kier alpha value is -6.07. The van der Waals surface area contributed by atoms with E-state index in [0.717, 1.165) is 25.1 Å². The SMILES string of the molecule is CC(Nc1nc(Nc2ccc(N=Nc3ccccc3S(=O)(=O)O)cc2)nc(Nc2ccc(N=Nc3cccc(S(=O)(=O)O)c3)cc2OCCCS(=O)(=O)O)n1)S(=O)(=O)O. The van der Waals surface area contributed by atoms with Crippen LogP contribution in [0.4, 0.5) is 52.0 Å². The van der Waals surface area contributed by atoms with Gasteiger partial charge < -0.3 is 20.7 Å². The molecule has 0 aliphatic heterocycles. The maximum Gasteiger partial charge on any atom is 0.296 e. The van der Waals surface area contributed by atoms with Crippen LogP contribution in [-0.2, 0) is 40.5 Å². The first kappa shape index (κ1) is 44.0. The predicted octanol–water partition coefficient (Wildman–Crippen LogP) is 5.99. The summed E-state index contributed by atoms with van der Waals surface area (Å²) in [5, 5.41) is 22.6. The van der Waals surface area contributed by atoms with E-state index in [4.69, 9.17) is 9.29 Å². The highest BCUT2D eigenvalue weighted by Gasteiger charge is 2.20. The van der Waals surface area contributed by atoms with Crippen LogP contribution in [0.1, 0.15) is 13.3 Å². The van der Waals surface area contributed by atoms with Gasteiger partial charge in [0, 0.05) is 11.8 Å². The van der Waals surface area contributed by atoms with E-state index >= 15 is 0 Å². The van der Waals surface area contributed by atoms with Crippen LogP contribution in [0.25, 0.3) is 0 Å². The molecule has 5 rings (SSSR count). The van der Waals surface area contributed by atoms with E-state index in [0.29, 0.717) is 5.69 Å². The maximum atomic E-state index is 11.8. The second-order valence-electron chi connectivity index (χ2n) is 11.9. The van der Waals surface area contributed by atoms with Crippen LogP contribution >= 0.6 is 0 Å². The molecule has 4 aromatic carbocycles. The lowest BCUT2D eigenvalue weighted by atomic mass is 10.2. The number of anilines is 5. The number of aromatic nitrogens is 3. The van der Waals surface area contributed by atoms with E-state index in [1.54, 1.807) is 0 Å². The van der Waals surface area contributed by atoms with Crippen molar-refractivity contribution in [3.05, 3.63) is 91.0 Å². The average Bonchev–Trinajstić information content (AvgIpc) is 3.15. The van der Waals surface area contributed by atoms with E-state index in [2.05, 4.69) is 51.4 Å². The van der Waals surface area contributed by atoms with Crippen LogP contribution in [0.2, 0.25) is 0 Å². The normalized spacial score (nSPS) is 13.0. The van der Waals surface area contributed by atoms with Gasteiger partial charge in [-0.3, -0.25) is 18.2 Å². The van der Waals surface area contributed by atoms with Gasteiger partial charge in [-0.15, -0.1) is 5.11 Å². The fraction of sp³-hybridized carbons (Fsp3) is 0.156. The van der Waals surface area contributed by atoms with Crippen molar-refractivity contribution >= 4 is 92.4 Å². The van der Waals surface area contributed by atoms with Gasteiger partial charge in [0.15, 0.2) is 5.37 Å². The smallest absolute Gasteiger partial charge is 0.296 e. The quantitative estimate of drug-likeness (QED) is 0.0302. The van der Waals surface area contributed by atoms with Crippen molar-refractivity contribution < 1.29 is 56.6 Å². The molecule has 7 N–H and O–H groups in total. The fourth-order valence-electron chi connectivity index (χ4n) is 4.58. The summed E-state index contributed by atoms with van der Waals surface area (Å²) in [7, 11) is -18.0. The molecule has 27 heteroatoms. The fourth-order valence-corrected chi connectivity index (χ4v) is 6.46. The molecule has 0 amide bonds. The van der Waals surface area contributed by atoms with Gasteiger partial charge in [0.2, 0.25) is 17.8 Å². The second kappa shape index (κ2) is 18.2. The number of nitrogens with zero attached hydrogens (tertiary/aromatic N) is 7. The minimum absolute atomic E-state index is 0.0307. The maximum absolute atomic E-state index is 11.8. The van der Waals surface area contributed by atoms with Crippen molar-refractivity contribution in [2.45, 2.75) is 28.5 Å². The lowest BCUT2D eigenvalue weighted by Crippen LogP contribution is -2.27. The summed E-state index contributed by atoms with van der Waals surface area (Å²) in [6.07, 6.45) is -0.133. The van der Waals surface area contributed by atoms with Gasteiger partial charge in [0.25, 0.3) is 40.5 Å². The summed E-state index contributed by atoms with van der Waals surface area (Å²) in [5.74, 6) is -1.28. The van der Waals surface area contributed by atoms with Crippen LogP contribution in [0.5, 0.6) is 5.75 Å². The van der Waals surface area contributed by atoms with E-state index in [-0.39, 0.29) is 65.1 Å². The number of benzene rings is 4. The first-order valence-electron chi connectivity index (χ1n) is 16.4. The number of hydrogen-bond acceptors (Lipinski definition) is 19. The summed E-state index contributed by atoms with van der Waals surface area (Å²) < 4.78 is 136. The van der Waals surface area contributed by atoms with Crippen molar-refractivity contribution in [3.63, 3.8) is 0 Å². The first-order chi connectivity index (χ1) is 27.6. The van der Waals surface area contributed by atoms with Crippen LogP contribution in [-0.4, -0.2) is 84.6 Å². The third-order valence-corrected chi connectivity index (χ3v) is 10.9. The highest BCUT2D eigenvalue weighted by Crippen LogP contribution is 2.33. The topological polar surface area (TPSA) is 351 Å². The number of azo groups is 2. The Morgan fingerprint density at radius 2 is 1.25 bits per heavy atom. The summed E-state index contributed by atoms with van der Waals surface area (Å²) in [6.45, 7) is 0.905. The van der Waals surface area contributed by atoms with Gasteiger partial charge in [-0.1, -0.05) is 18.2 Å². The number of rotatable bonds is 18. The summed E-state index contributed by atoms with van der Waals surface area (Å²) in [4.78, 5) is 11.8. The molecule has 0 bridgehead atoms. The third-order valence-electron chi connectivity index (χ3n) is 7.37. The molecule has 1 heterocycles. The lowest BCUT2D eigenvalue weighted by molar-refractivity contribution is 0.317. The third kappa shape index (κ3) is 13.5. The Balaban J connectivity index is 1.44. The molecule has 0 aliphatic rings. The Morgan fingerprint density at radius 3 is 1.90 bits per heavy atom. The molecule has 0 saturated heterocycles. The van der Waals surface area contributed by atoms with Gasteiger partial charge in [-0.25, -0.2) is 0 Å². The highest BCUT2D eigenvalue weighted by molar-refractivity contribution is 7.86. The average molecular weight is 893 g/mol. The molecule has 0 spiro atoms. The van der Waals surface area contributed by atoms with Crippen molar-refractivity contribution in [2.75, 3.05) is 28.3 Å². The minimum atomic E-state index is -4.62. The zero-order valence-electron chi connectivity index (χ0n) is 30.1. The van der Waals surface area contributed by atoms with Gasteiger partial charge in [0.05, 0.1) is 40.0 Å². The molecule has 5 aromatic rings. The monoisotopic (exact) mass is 892 g/mol. The van der Waals surface area contributed by atoms with E-state index in [1.165, 1.54) is 72.8 Å². The summed E-state index contributed by atoms with van der Waals surface area (Å²) in [6, 6.07) is 20.7. The van der Waals surface area contributed by atoms with E-state index in [1.807, 2.05) is 0 Å². The molecule has 1 unspecified atom stereocenters. The van der Waals surface area contributed by atoms with Crippen molar-refractivity contribution in [3.8, 4) is 5.75 Å². The molecule has 0 radical (unpaired) electrons. The summed E-state index contributed by atoms with van der Waals surface area (Å²) >= 11 is 0. The van der Waals surface area contributed by atoms with Gasteiger partial charge in [0.1, 0.15) is 16.3 Å². The van der Waals surface area contributed by atoms with Crippen LogP contribution in [0.15, 0.2) is 121 Å². The molecule has 1 atom stereocenters. The van der Waals surface area contributed by atoms with E-state index in [9.17, 15) is 47.3 Å². The number of hydrogen-bond donors (Lipinski definition) is 7. The molecule has 23 nitrogen and oxygen atoms in total. The van der Waals surface area contributed by atoms with Gasteiger partial charge in [-0.2, -0.15) is 64.0 Å². The Bertz CT molecular complexity index is 2850. The largest absolute Gasteiger partial charge is 0.491 e. The van der Waals surface area contributed by atoms with Crippen LogP contribution < -0.4 is 20.7 Å². The summed E-state index contributed by atoms with van der Waals surface area (Å²) in [5.41, 5.74) is 0.930. The zero-order chi connectivity index (χ0) is 43.0. The standard InChI is InChI=1S/C32H32N10O13S4/c1-20(57(46,47)48)33-30-36-31(34-21-10-12-22(13-11-21)39-42-27-8-2-3-9-29(27)59(52,53)54)38-32(37-30)35-26-15-14-24(19-28(26)55-16-5-17-56(43,44)45)41-40-23-6-4-7-25(18-23)58(49,50)51/h2-4,6-15,18-20H,5,16-17H2,1H3,(H,43,44,45)(H,46,47,48)(H,49,50,51)(H,52,53,54)(H3,33,34,35,36,37,38). The Kier molecular flexibility index (Phi) is 13.6. The molecule has 0 fully saturated rings. The predicted molar refractivity (Wildman–Crippen MR) is 211 cm³/mol. The Morgan fingerprint density at radius 1 is 0.644 bits per heavy atom. The zero-order valence-corrected chi connectivity index (χ0v) is 33.4. The van der Waals surface area contributed by atoms with Crippen LogP contribution in [0, 0.1) is 0 Å². The Labute approximate surface area is 336 Å². The second-order valence-corrected chi connectivity index (χ2v) is 18.0. The molecular formula is C32H32N10O13S4. The number of nitrogens with one attached hydrogen (secondary N) is 3. The van der Waals surface area contributed by atoms with Crippen molar-refractivity contribution in [1.82, 2.24) is 15.0 Å². The first-order valence-corrected chi connectivity index (χ1v) is 22.4. The molecule has 0 saturated carbocycles. The van der Waals surface area contributed by atoms with Gasteiger partial charge in [-0.05, 0) is 80.1 Å². The molecule has 0 aliphatic carbocycles. The van der Waals surface area contributed by atoms with Crippen molar-refractivity contribution in [2.24, 2.45) is 20.5 Å². The number of ether oxygens (including phenoxy) is 1.